The van der Waals surface area contributed by atoms with Crippen LogP contribution in [0.3, 0.4) is 0 Å². The molecule has 1 aromatic heterocycles. The summed E-state index contributed by atoms with van der Waals surface area (Å²) in [5.74, 6) is 0.988. The van der Waals surface area contributed by atoms with Gasteiger partial charge in [0.25, 0.3) is 0 Å². The molecule has 4 nitrogen and oxygen atoms in total. The number of ether oxygens (including phenoxy) is 1. The summed E-state index contributed by atoms with van der Waals surface area (Å²) < 4.78 is 6.52. The van der Waals surface area contributed by atoms with E-state index in [1.165, 1.54) is 0 Å². The van der Waals surface area contributed by atoms with Crippen molar-refractivity contribution < 1.29 is 9.53 Å². The molecule has 0 saturated carbocycles. The third kappa shape index (κ3) is 4.25. The average molecular weight is 421 g/mol. The molecule has 1 fully saturated rings. The van der Waals surface area contributed by atoms with Crippen molar-refractivity contribution in [1.29, 1.82) is 0 Å². The number of anilines is 1. The van der Waals surface area contributed by atoms with E-state index in [1.807, 2.05) is 36.4 Å². The highest BCUT2D eigenvalue weighted by Crippen LogP contribution is 2.36. The molecule has 0 aliphatic carbocycles. The number of aromatic nitrogens is 1. The molecule has 1 aliphatic rings. The molecule has 132 valence electrons. The van der Waals surface area contributed by atoms with E-state index in [9.17, 15) is 4.79 Å². The van der Waals surface area contributed by atoms with Gasteiger partial charge in [-0.2, -0.15) is 0 Å². The van der Waals surface area contributed by atoms with Crippen LogP contribution in [0.15, 0.2) is 52.1 Å². The Morgan fingerprint density at radius 3 is 2.56 bits per heavy atom. The van der Waals surface area contributed by atoms with E-state index in [-0.39, 0.29) is 5.91 Å². The number of nitrogens with zero attached hydrogens (tertiary/aromatic N) is 1. The first-order chi connectivity index (χ1) is 12.1. The van der Waals surface area contributed by atoms with E-state index in [0.717, 1.165) is 26.5 Å². The second-order valence-corrected chi connectivity index (χ2v) is 8.17. The van der Waals surface area contributed by atoms with Crippen molar-refractivity contribution in [1.82, 2.24) is 4.98 Å². The van der Waals surface area contributed by atoms with Crippen LogP contribution in [0.5, 0.6) is 0 Å². The predicted molar refractivity (Wildman–Crippen MR) is 105 cm³/mol. The standard InChI is InChI=1S/C19H21BrN2O2S/c1-2-25-17-8-7-16(13-21-17)22-18(23)19(9-11-24-12-10-19)14-3-5-15(20)6-4-14/h3-8,13H,2,9-12H2,1H3,(H,22,23). The van der Waals surface area contributed by atoms with Gasteiger partial charge in [-0.3, -0.25) is 4.79 Å². The van der Waals surface area contributed by atoms with Crippen LogP contribution in [0.4, 0.5) is 5.69 Å². The van der Waals surface area contributed by atoms with Gasteiger partial charge in [0, 0.05) is 17.7 Å². The Labute approximate surface area is 160 Å². The summed E-state index contributed by atoms with van der Waals surface area (Å²) >= 11 is 5.15. The van der Waals surface area contributed by atoms with Crippen LogP contribution in [0.2, 0.25) is 0 Å². The minimum atomic E-state index is -0.560. The predicted octanol–water partition coefficient (Wildman–Crippen LogP) is 4.64. The summed E-state index contributed by atoms with van der Waals surface area (Å²) in [6.07, 6.45) is 3.08. The Morgan fingerprint density at radius 1 is 1.24 bits per heavy atom. The molecule has 0 atom stereocenters. The van der Waals surface area contributed by atoms with Gasteiger partial charge >= 0.3 is 0 Å². The fourth-order valence-electron chi connectivity index (χ4n) is 3.07. The Balaban J connectivity index is 1.83. The average Bonchev–Trinajstić information content (AvgIpc) is 2.64. The summed E-state index contributed by atoms with van der Waals surface area (Å²) in [7, 11) is 0. The maximum absolute atomic E-state index is 13.2. The molecule has 0 spiro atoms. The van der Waals surface area contributed by atoms with Crippen LogP contribution in [0, 0.1) is 0 Å². The summed E-state index contributed by atoms with van der Waals surface area (Å²) in [6, 6.07) is 11.9. The van der Waals surface area contributed by atoms with Crippen LogP contribution < -0.4 is 5.32 Å². The molecule has 2 aromatic rings. The van der Waals surface area contributed by atoms with E-state index >= 15 is 0 Å². The van der Waals surface area contributed by atoms with Gasteiger partial charge in [0.15, 0.2) is 0 Å². The molecule has 1 amide bonds. The molecule has 2 heterocycles. The molecule has 0 bridgehead atoms. The van der Waals surface area contributed by atoms with E-state index in [2.05, 4.69) is 33.2 Å². The van der Waals surface area contributed by atoms with Crippen molar-refractivity contribution in [2.45, 2.75) is 30.2 Å². The lowest BCUT2D eigenvalue weighted by atomic mass is 9.73. The van der Waals surface area contributed by atoms with Crippen LogP contribution in [-0.4, -0.2) is 29.9 Å². The fourth-order valence-corrected chi connectivity index (χ4v) is 3.93. The monoisotopic (exact) mass is 420 g/mol. The minimum absolute atomic E-state index is 0.0100. The number of thioether (sulfide) groups is 1. The number of hydrogen-bond acceptors (Lipinski definition) is 4. The highest BCUT2D eigenvalue weighted by molar-refractivity contribution is 9.10. The first-order valence-electron chi connectivity index (χ1n) is 8.38. The van der Waals surface area contributed by atoms with Gasteiger partial charge in [-0.05, 0) is 48.4 Å². The number of carbonyl (C=O) groups is 1. The molecule has 1 saturated heterocycles. The van der Waals surface area contributed by atoms with E-state index < -0.39 is 5.41 Å². The summed E-state index contributed by atoms with van der Waals surface area (Å²) in [5.41, 5.74) is 1.20. The van der Waals surface area contributed by atoms with Gasteiger partial charge in [0.1, 0.15) is 0 Å². The number of halogens is 1. The van der Waals surface area contributed by atoms with Crippen molar-refractivity contribution in [2.24, 2.45) is 0 Å². The van der Waals surface area contributed by atoms with E-state index in [4.69, 9.17) is 4.74 Å². The van der Waals surface area contributed by atoms with Crippen LogP contribution in [0.25, 0.3) is 0 Å². The summed E-state index contributed by atoms with van der Waals surface area (Å²) in [5, 5.41) is 4.02. The van der Waals surface area contributed by atoms with Crippen molar-refractivity contribution in [3.05, 3.63) is 52.6 Å². The number of benzene rings is 1. The molecule has 1 N–H and O–H groups in total. The van der Waals surface area contributed by atoms with Crippen LogP contribution in [-0.2, 0) is 14.9 Å². The van der Waals surface area contributed by atoms with Crippen molar-refractivity contribution in [2.75, 3.05) is 24.3 Å². The van der Waals surface area contributed by atoms with Gasteiger partial charge in [0.05, 0.1) is 22.3 Å². The van der Waals surface area contributed by atoms with Crippen LogP contribution >= 0.6 is 27.7 Å². The topological polar surface area (TPSA) is 51.2 Å². The molecule has 0 radical (unpaired) electrons. The Bertz CT molecular complexity index is 713. The summed E-state index contributed by atoms with van der Waals surface area (Å²) in [6.45, 7) is 3.27. The number of amides is 1. The highest BCUT2D eigenvalue weighted by Gasteiger charge is 2.41. The molecule has 1 aliphatic heterocycles. The molecule has 1 aromatic carbocycles. The zero-order chi connectivity index (χ0) is 17.7. The third-order valence-electron chi connectivity index (χ3n) is 4.46. The molecule has 25 heavy (non-hydrogen) atoms. The van der Waals surface area contributed by atoms with Crippen molar-refractivity contribution in [3.63, 3.8) is 0 Å². The van der Waals surface area contributed by atoms with Gasteiger partial charge in [-0.15, -0.1) is 11.8 Å². The smallest absolute Gasteiger partial charge is 0.235 e. The normalized spacial score (nSPS) is 16.4. The zero-order valence-corrected chi connectivity index (χ0v) is 16.5. The Morgan fingerprint density at radius 2 is 1.96 bits per heavy atom. The van der Waals surface area contributed by atoms with Crippen molar-refractivity contribution >= 4 is 39.3 Å². The molecular weight excluding hydrogens is 400 g/mol. The van der Waals surface area contributed by atoms with Gasteiger partial charge in [-0.25, -0.2) is 4.98 Å². The number of carbonyl (C=O) groups excluding carboxylic acids is 1. The lowest BCUT2D eigenvalue weighted by Crippen LogP contribution is -2.44. The number of pyridine rings is 1. The first kappa shape index (κ1) is 18.4. The fraction of sp³-hybridized carbons (Fsp3) is 0.368. The highest BCUT2D eigenvalue weighted by atomic mass is 79.9. The van der Waals surface area contributed by atoms with E-state index in [0.29, 0.717) is 26.1 Å². The van der Waals surface area contributed by atoms with Crippen molar-refractivity contribution in [3.8, 4) is 0 Å². The van der Waals surface area contributed by atoms with Crippen LogP contribution in [0.1, 0.15) is 25.3 Å². The minimum Gasteiger partial charge on any atom is -0.381 e. The third-order valence-corrected chi connectivity index (χ3v) is 5.82. The molecular formula is C19H21BrN2O2S. The molecule has 0 unspecified atom stereocenters. The second-order valence-electron chi connectivity index (χ2n) is 5.97. The lowest BCUT2D eigenvalue weighted by Gasteiger charge is -2.36. The van der Waals surface area contributed by atoms with Gasteiger partial charge < -0.3 is 10.1 Å². The summed E-state index contributed by atoms with van der Waals surface area (Å²) in [4.78, 5) is 17.6. The number of hydrogen-bond donors (Lipinski definition) is 1. The number of rotatable bonds is 5. The van der Waals surface area contributed by atoms with E-state index in [1.54, 1.807) is 18.0 Å². The second kappa shape index (κ2) is 8.34. The largest absolute Gasteiger partial charge is 0.381 e. The maximum atomic E-state index is 13.2. The molecule has 6 heteroatoms. The van der Waals surface area contributed by atoms with Gasteiger partial charge in [-0.1, -0.05) is 35.0 Å². The zero-order valence-electron chi connectivity index (χ0n) is 14.1. The SMILES string of the molecule is CCSc1ccc(NC(=O)C2(c3ccc(Br)cc3)CCOCC2)cn1. The number of nitrogens with one attached hydrogen (secondary N) is 1. The maximum Gasteiger partial charge on any atom is 0.235 e. The van der Waals surface area contributed by atoms with Gasteiger partial charge in [0.2, 0.25) is 5.91 Å². The Hall–Kier alpha value is -1.37. The Kier molecular flexibility index (Phi) is 6.15. The quantitative estimate of drug-likeness (QED) is 0.715. The molecule has 3 rings (SSSR count). The lowest BCUT2D eigenvalue weighted by molar-refractivity contribution is -0.125. The first-order valence-corrected chi connectivity index (χ1v) is 10.2.